The van der Waals surface area contributed by atoms with Crippen molar-refractivity contribution < 1.29 is 19.4 Å². The second-order valence-electron chi connectivity index (χ2n) is 6.79. The molecule has 1 amide bonds. The molecule has 1 heterocycles. The number of hydrogen-bond acceptors (Lipinski definition) is 4. The number of benzene rings is 2. The van der Waals surface area contributed by atoms with E-state index in [1.165, 1.54) is 7.11 Å². The molecule has 5 nitrogen and oxygen atoms in total. The second kappa shape index (κ2) is 10.7. The lowest BCUT2D eigenvalue weighted by atomic mass is 9.90. The van der Waals surface area contributed by atoms with Gasteiger partial charge in [-0.3, -0.25) is 4.79 Å². The van der Waals surface area contributed by atoms with Crippen LogP contribution in [-0.2, 0) is 16.1 Å². The van der Waals surface area contributed by atoms with Gasteiger partial charge in [0.2, 0.25) is 5.91 Å². The molecule has 1 fully saturated rings. The summed E-state index contributed by atoms with van der Waals surface area (Å²) in [6.07, 6.45) is 0. The quantitative estimate of drug-likeness (QED) is 0.809. The van der Waals surface area contributed by atoms with Gasteiger partial charge in [0.05, 0.1) is 13.7 Å². The van der Waals surface area contributed by atoms with Crippen molar-refractivity contribution in [1.82, 2.24) is 4.90 Å². The van der Waals surface area contributed by atoms with Crippen LogP contribution in [0.1, 0.15) is 37.8 Å². The minimum absolute atomic E-state index is 0.00742. The van der Waals surface area contributed by atoms with Crippen molar-refractivity contribution in [1.29, 1.82) is 0 Å². The standard InChI is InChI=1S/C21H25NO4.C2H6/c1-15-11-22(21(24)14-26-13-16-6-4-3-5-7-16)12-18(15)17-8-9-20(25-2)19(23)10-17;1-2/h3-10,15,18,23H,11-14H2,1-2H3;1-2H3. The van der Waals surface area contributed by atoms with E-state index in [1.807, 2.05) is 55.1 Å². The van der Waals surface area contributed by atoms with Crippen LogP contribution in [0.3, 0.4) is 0 Å². The number of ether oxygens (including phenoxy) is 2. The lowest BCUT2D eigenvalue weighted by molar-refractivity contribution is -0.135. The van der Waals surface area contributed by atoms with Gasteiger partial charge in [0.25, 0.3) is 0 Å². The van der Waals surface area contributed by atoms with Crippen molar-refractivity contribution >= 4 is 5.91 Å². The highest BCUT2D eigenvalue weighted by Gasteiger charge is 2.33. The zero-order valence-corrected chi connectivity index (χ0v) is 17.2. The van der Waals surface area contributed by atoms with Gasteiger partial charge in [-0.05, 0) is 29.2 Å². The monoisotopic (exact) mass is 385 g/mol. The number of rotatable bonds is 6. The summed E-state index contributed by atoms with van der Waals surface area (Å²) in [7, 11) is 1.53. The number of nitrogens with zero attached hydrogens (tertiary/aromatic N) is 1. The maximum absolute atomic E-state index is 12.5. The first-order valence-electron chi connectivity index (χ1n) is 9.85. The first kappa shape index (κ1) is 21.8. The van der Waals surface area contributed by atoms with Crippen LogP contribution in [0.2, 0.25) is 0 Å². The second-order valence-corrected chi connectivity index (χ2v) is 6.79. The Kier molecular flexibility index (Phi) is 8.33. The van der Waals surface area contributed by atoms with Gasteiger partial charge in [0, 0.05) is 19.0 Å². The molecule has 5 heteroatoms. The van der Waals surface area contributed by atoms with Crippen LogP contribution in [0, 0.1) is 5.92 Å². The van der Waals surface area contributed by atoms with Gasteiger partial charge >= 0.3 is 0 Å². The van der Waals surface area contributed by atoms with E-state index in [1.54, 1.807) is 12.1 Å². The average Bonchev–Trinajstić information content (AvgIpc) is 3.12. The summed E-state index contributed by atoms with van der Waals surface area (Å²) in [5.41, 5.74) is 2.08. The van der Waals surface area contributed by atoms with E-state index in [2.05, 4.69) is 6.92 Å². The number of phenolic OH excluding ortho intramolecular Hbond substituents is 1. The van der Waals surface area contributed by atoms with E-state index in [4.69, 9.17) is 9.47 Å². The fourth-order valence-electron chi connectivity index (χ4n) is 3.46. The van der Waals surface area contributed by atoms with Gasteiger partial charge in [-0.1, -0.05) is 57.2 Å². The van der Waals surface area contributed by atoms with Crippen LogP contribution < -0.4 is 4.74 Å². The predicted octanol–water partition coefficient (Wildman–Crippen LogP) is 4.21. The van der Waals surface area contributed by atoms with E-state index in [0.717, 1.165) is 11.1 Å². The average molecular weight is 386 g/mol. The van der Waals surface area contributed by atoms with Gasteiger partial charge < -0.3 is 19.5 Å². The molecule has 0 saturated carbocycles. The number of carbonyl (C=O) groups excluding carboxylic acids is 1. The molecule has 1 aliphatic rings. The van der Waals surface area contributed by atoms with E-state index >= 15 is 0 Å². The number of phenols is 1. The largest absolute Gasteiger partial charge is 0.504 e. The molecule has 2 unspecified atom stereocenters. The summed E-state index contributed by atoms with van der Waals surface area (Å²) in [5, 5.41) is 10.0. The van der Waals surface area contributed by atoms with Crippen LogP contribution in [-0.4, -0.2) is 42.7 Å². The van der Waals surface area contributed by atoms with Crippen molar-refractivity contribution in [2.75, 3.05) is 26.8 Å². The van der Waals surface area contributed by atoms with E-state index in [-0.39, 0.29) is 24.2 Å². The third-order valence-corrected chi connectivity index (χ3v) is 4.93. The summed E-state index contributed by atoms with van der Waals surface area (Å²) in [4.78, 5) is 14.3. The van der Waals surface area contributed by atoms with E-state index in [0.29, 0.717) is 31.4 Å². The van der Waals surface area contributed by atoms with Gasteiger partial charge in [-0.25, -0.2) is 0 Å². The van der Waals surface area contributed by atoms with Crippen LogP contribution in [0.5, 0.6) is 11.5 Å². The van der Waals surface area contributed by atoms with Crippen molar-refractivity contribution in [3.63, 3.8) is 0 Å². The van der Waals surface area contributed by atoms with Crippen molar-refractivity contribution in [2.24, 2.45) is 5.92 Å². The molecule has 0 spiro atoms. The molecule has 2 atom stereocenters. The van der Waals surface area contributed by atoms with Crippen LogP contribution >= 0.6 is 0 Å². The summed E-state index contributed by atoms with van der Waals surface area (Å²) >= 11 is 0. The normalized spacial score (nSPS) is 18.4. The van der Waals surface area contributed by atoms with Crippen LogP contribution in [0.4, 0.5) is 0 Å². The number of amides is 1. The molecule has 1 aliphatic heterocycles. The molecular weight excluding hydrogens is 354 g/mol. The maximum atomic E-state index is 12.5. The summed E-state index contributed by atoms with van der Waals surface area (Å²) in [5.74, 6) is 1.12. The molecular formula is C23H31NO4. The molecule has 0 radical (unpaired) electrons. The van der Waals surface area contributed by atoms with Crippen molar-refractivity contribution in [3.8, 4) is 11.5 Å². The van der Waals surface area contributed by atoms with Crippen LogP contribution in [0.15, 0.2) is 48.5 Å². The summed E-state index contributed by atoms with van der Waals surface area (Å²) in [6.45, 7) is 7.99. The molecule has 0 bridgehead atoms. The Morgan fingerprint density at radius 2 is 1.86 bits per heavy atom. The summed E-state index contributed by atoms with van der Waals surface area (Å²) in [6, 6.07) is 15.3. The highest BCUT2D eigenvalue weighted by Crippen LogP contribution is 2.36. The third-order valence-electron chi connectivity index (χ3n) is 4.93. The number of aromatic hydroxyl groups is 1. The molecule has 0 aromatic heterocycles. The minimum atomic E-state index is 0.00742. The first-order valence-corrected chi connectivity index (χ1v) is 9.85. The Labute approximate surface area is 167 Å². The van der Waals surface area contributed by atoms with E-state index < -0.39 is 0 Å². The molecule has 28 heavy (non-hydrogen) atoms. The van der Waals surface area contributed by atoms with E-state index in [9.17, 15) is 9.90 Å². The Hall–Kier alpha value is -2.53. The van der Waals surface area contributed by atoms with Gasteiger partial charge in [-0.2, -0.15) is 0 Å². The maximum Gasteiger partial charge on any atom is 0.248 e. The zero-order valence-electron chi connectivity index (χ0n) is 17.2. The Morgan fingerprint density at radius 3 is 2.50 bits per heavy atom. The molecule has 0 aliphatic carbocycles. The Morgan fingerprint density at radius 1 is 1.14 bits per heavy atom. The molecule has 152 valence electrons. The number of carbonyl (C=O) groups is 1. The molecule has 1 saturated heterocycles. The van der Waals surface area contributed by atoms with Crippen LogP contribution in [0.25, 0.3) is 0 Å². The molecule has 1 N–H and O–H groups in total. The smallest absolute Gasteiger partial charge is 0.248 e. The van der Waals surface area contributed by atoms with Gasteiger partial charge in [-0.15, -0.1) is 0 Å². The molecule has 2 aromatic carbocycles. The number of likely N-dealkylation sites (tertiary alicyclic amines) is 1. The first-order chi connectivity index (χ1) is 13.6. The van der Waals surface area contributed by atoms with Crippen molar-refractivity contribution in [3.05, 3.63) is 59.7 Å². The third kappa shape index (κ3) is 5.49. The topological polar surface area (TPSA) is 59.0 Å². The Balaban J connectivity index is 0.00000136. The molecule has 3 rings (SSSR count). The lowest BCUT2D eigenvalue weighted by Crippen LogP contribution is -2.32. The lowest BCUT2D eigenvalue weighted by Gasteiger charge is -2.17. The SMILES string of the molecule is CC.COc1ccc(C2CN(C(=O)COCc3ccccc3)CC2C)cc1O. The highest BCUT2D eigenvalue weighted by atomic mass is 16.5. The minimum Gasteiger partial charge on any atom is -0.504 e. The predicted molar refractivity (Wildman–Crippen MR) is 111 cm³/mol. The molecule has 2 aromatic rings. The van der Waals surface area contributed by atoms with Crippen molar-refractivity contribution in [2.45, 2.75) is 33.3 Å². The highest BCUT2D eigenvalue weighted by molar-refractivity contribution is 5.78. The fraction of sp³-hybridized carbons (Fsp3) is 0.435. The Bertz CT molecular complexity index is 748. The zero-order chi connectivity index (χ0) is 20.5. The van der Waals surface area contributed by atoms with Gasteiger partial charge in [0.15, 0.2) is 11.5 Å². The fourth-order valence-corrected chi connectivity index (χ4v) is 3.46. The number of methoxy groups -OCH3 is 1. The van der Waals surface area contributed by atoms with Gasteiger partial charge in [0.1, 0.15) is 6.61 Å². The summed E-state index contributed by atoms with van der Waals surface area (Å²) < 4.78 is 10.7. The number of hydrogen-bond donors (Lipinski definition) is 1.